The number of amides is 2. The molecule has 0 aliphatic heterocycles. The summed E-state index contributed by atoms with van der Waals surface area (Å²) in [6, 6.07) is 7.25. The Morgan fingerprint density at radius 1 is 1.09 bits per heavy atom. The van der Waals surface area contributed by atoms with Gasteiger partial charge in [0.25, 0.3) is 5.91 Å². The van der Waals surface area contributed by atoms with Crippen molar-refractivity contribution in [1.82, 2.24) is 10.2 Å². The number of carbonyl (C=O) groups excluding carboxylic acids is 4. The Bertz CT molecular complexity index is 1680. The van der Waals surface area contributed by atoms with E-state index in [1.54, 1.807) is 32.3 Å². The van der Waals surface area contributed by atoms with Crippen LogP contribution in [0.25, 0.3) is 11.1 Å². The van der Waals surface area contributed by atoms with Gasteiger partial charge in [-0.1, -0.05) is 12.1 Å². The minimum absolute atomic E-state index is 0.0274. The molecule has 0 bridgehead atoms. The van der Waals surface area contributed by atoms with E-state index in [-0.39, 0.29) is 36.3 Å². The molecule has 232 valence electrons. The first kappa shape index (κ1) is 30.7. The molecule has 2 aromatic rings. The fourth-order valence-corrected chi connectivity index (χ4v) is 6.91. The quantitative estimate of drug-likeness (QED) is 0.203. The van der Waals surface area contributed by atoms with Crippen LogP contribution in [0, 0.1) is 11.8 Å². The highest BCUT2D eigenvalue weighted by Crippen LogP contribution is 2.53. The summed E-state index contributed by atoms with van der Waals surface area (Å²) in [5, 5.41) is 48.1. The van der Waals surface area contributed by atoms with Gasteiger partial charge in [-0.2, -0.15) is 0 Å². The molecular formula is C31H34N4O9. The number of benzene rings is 2. The number of methoxy groups -OCH3 is 1. The second-order valence-corrected chi connectivity index (χ2v) is 11.6. The number of hydrogen-bond acceptors (Lipinski definition) is 11. The Labute approximate surface area is 252 Å². The van der Waals surface area contributed by atoms with Crippen LogP contribution in [0.4, 0.5) is 0 Å². The fraction of sp³-hybridized carbons (Fsp3) is 0.355. The summed E-state index contributed by atoms with van der Waals surface area (Å²) in [6.07, 6.45) is 0.0840. The molecule has 44 heavy (non-hydrogen) atoms. The minimum Gasteiger partial charge on any atom is -0.510 e. The SMILES string of the molecule is COc1ccc(CNCC(N)=O)cc1-c1ccc(O)c2c1C[C@H]1C[C@H]3[C@H](N(C)C)C(O)=C(C(N)=O)C(=O)[C@@]3(O)C(O)=C1C2=O. The number of primary amides is 2. The number of aliphatic hydroxyl groups excluding tert-OH is 2. The summed E-state index contributed by atoms with van der Waals surface area (Å²) in [7, 11) is 4.63. The van der Waals surface area contributed by atoms with Crippen molar-refractivity contribution in [2.24, 2.45) is 23.3 Å². The molecule has 0 aromatic heterocycles. The molecule has 13 nitrogen and oxygen atoms in total. The molecule has 0 radical (unpaired) electrons. The van der Waals surface area contributed by atoms with Gasteiger partial charge in [-0.3, -0.25) is 24.1 Å². The maximum absolute atomic E-state index is 14.1. The molecule has 2 aromatic carbocycles. The molecule has 0 spiro atoms. The first-order chi connectivity index (χ1) is 20.7. The highest BCUT2D eigenvalue weighted by atomic mass is 16.5. The summed E-state index contributed by atoms with van der Waals surface area (Å²) in [4.78, 5) is 52.4. The lowest BCUT2D eigenvalue weighted by Gasteiger charge is -2.50. The number of allylic oxidation sites excluding steroid dienone is 1. The number of carbonyl (C=O) groups is 4. The van der Waals surface area contributed by atoms with Crippen molar-refractivity contribution in [3.63, 3.8) is 0 Å². The Morgan fingerprint density at radius 2 is 1.80 bits per heavy atom. The van der Waals surface area contributed by atoms with Crippen LogP contribution in [0.3, 0.4) is 0 Å². The first-order valence-corrected chi connectivity index (χ1v) is 13.9. The number of ether oxygens (including phenoxy) is 1. The lowest BCUT2D eigenvalue weighted by molar-refractivity contribution is -0.148. The smallest absolute Gasteiger partial charge is 0.255 e. The molecule has 0 saturated heterocycles. The average molecular weight is 607 g/mol. The second kappa shape index (κ2) is 11.1. The van der Waals surface area contributed by atoms with Gasteiger partial charge in [0.1, 0.15) is 28.6 Å². The van der Waals surface area contributed by atoms with Crippen molar-refractivity contribution in [3.8, 4) is 22.6 Å². The van der Waals surface area contributed by atoms with Crippen molar-refractivity contribution < 1.29 is 44.3 Å². The van der Waals surface area contributed by atoms with Crippen LogP contribution in [-0.2, 0) is 27.3 Å². The van der Waals surface area contributed by atoms with E-state index in [2.05, 4.69) is 5.32 Å². The van der Waals surface area contributed by atoms with Gasteiger partial charge in [-0.25, -0.2) is 0 Å². The monoisotopic (exact) mass is 606 g/mol. The Hall–Kier alpha value is -4.72. The third kappa shape index (κ3) is 4.60. The topological polar surface area (TPSA) is 226 Å². The number of aliphatic hydroxyl groups is 3. The average Bonchev–Trinajstić information content (AvgIpc) is 2.94. The molecule has 3 aliphatic carbocycles. The number of nitrogens with one attached hydrogen (secondary N) is 1. The minimum atomic E-state index is -2.72. The zero-order chi connectivity index (χ0) is 32.2. The number of phenolic OH excluding ortho intramolecular Hbond substituents is 1. The third-order valence-electron chi connectivity index (χ3n) is 8.79. The highest BCUT2D eigenvalue weighted by Gasteiger charge is 2.63. The fourth-order valence-electron chi connectivity index (χ4n) is 6.91. The number of aromatic hydroxyl groups is 1. The predicted molar refractivity (Wildman–Crippen MR) is 157 cm³/mol. The van der Waals surface area contributed by atoms with Crippen LogP contribution < -0.4 is 21.5 Å². The van der Waals surface area contributed by atoms with E-state index in [0.29, 0.717) is 29.0 Å². The van der Waals surface area contributed by atoms with E-state index in [0.717, 1.165) is 5.56 Å². The molecule has 4 atom stereocenters. The van der Waals surface area contributed by atoms with Crippen LogP contribution in [-0.4, -0.2) is 88.1 Å². The van der Waals surface area contributed by atoms with Gasteiger partial charge in [-0.05, 0) is 67.7 Å². The summed E-state index contributed by atoms with van der Waals surface area (Å²) in [5.74, 6) is -7.19. The molecule has 9 N–H and O–H groups in total. The number of phenols is 1. The van der Waals surface area contributed by atoms with E-state index in [9.17, 15) is 39.6 Å². The summed E-state index contributed by atoms with van der Waals surface area (Å²) in [5.41, 5.74) is 9.11. The largest absolute Gasteiger partial charge is 0.510 e. The van der Waals surface area contributed by atoms with Crippen molar-refractivity contribution >= 4 is 23.4 Å². The molecule has 0 heterocycles. The van der Waals surface area contributed by atoms with Crippen LogP contribution in [0.15, 0.2) is 53.0 Å². The van der Waals surface area contributed by atoms with Gasteiger partial charge < -0.3 is 41.9 Å². The Kier molecular flexibility index (Phi) is 7.74. The van der Waals surface area contributed by atoms with Gasteiger partial charge in [0.2, 0.25) is 11.7 Å². The van der Waals surface area contributed by atoms with Crippen LogP contribution in [0.5, 0.6) is 11.5 Å². The molecule has 0 fully saturated rings. The van der Waals surface area contributed by atoms with Gasteiger partial charge >= 0.3 is 0 Å². The predicted octanol–water partition coefficient (Wildman–Crippen LogP) is 0.371. The van der Waals surface area contributed by atoms with Crippen LogP contribution in [0.1, 0.15) is 27.9 Å². The molecule has 0 unspecified atom stereocenters. The molecule has 0 saturated carbocycles. The maximum atomic E-state index is 14.1. The van der Waals surface area contributed by atoms with Gasteiger partial charge in [-0.15, -0.1) is 0 Å². The van der Waals surface area contributed by atoms with Gasteiger partial charge in [0.15, 0.2) is 11.4 Å². The number of likely N-dealkylation sites (N-methyl/N-ethyl adjacent to an activating group) is 1. The van der Waals surface area contributed by atoms with E-state index in [1.807, 2.05) is 6.07 Å². The Morgan fingerprint density at radius 3 is 2.41 bits per heavy atom. The van der Waals surface area contributed by atoms with Crippen LogP contribution >= 0.6 is 0 Å². The third-order valence-corrected chi connectivity index (χ3v) is 8.79. The molecular weight excluding hydrogens is 572 g/mol. The molecule has 2 amide bonds. The Balaban J connectivity index is 1.66. The number of Topliss-reactive ketones (excluding diaryl/α,β-unsaturated/α-hetero) is 2. The first-order valence-electron chi connectivity index (χ1n) is 13.9. The van der Waals surface area contributed by atoms with Crippen molar-refractivity contribution in [2.75, 3.05) is 27.7 Å². The van der Waals surface area contributed by atoms with E-state index >= 15 is 0 Å². The normalized spacial score (nSPS) is 24.6. The lowest BCUT2D eigenvalue weighted by atomic mass is 9.58. The lowest BCUT2D eigenvalue weighted by Crippen LogP contribution is -2.63. The van der Waals surface area contributed by atoms with E-state index in [1.165, 1.54) is 18.1 Å². The summed E-state index contributed by atoms with van der Waals surface area (Å²) < 4.78 is 5.61. The van der Waals surface area contributed by atoms with Crippen molar-refractivity contribution in [1.29, 1.82) is 0 Å². The molecule has 13 heteroatoms. The maximum Gasteiger partial charge on any atom is 0.255 e. The standard InChI is InChI=1S/C31H34N4O9/c1-35(2)25-18-10-14-9-17-15(16-8-13(4-7-20(16)44-3)11-34-12-21(32)37)5-6-19(36)23(17)26(38)22(14)28(40)31(18,43)29(41)24(27(25)39)30(33)42/h4-8,14,18,25,34,36,39-40,43H,9-12H2,1-3H3,(H2,32,37)(H2,33,42)/t14-,18-,25-,31-/m0/s1. The number of hydrogen-bond donors (Lipinski definition) is 7. The molecule has 3 aliphatic rings. The molecule has 5 rings (SSSR count). The van der Waals surface area contributed by atoms with E-state index in [4.69, 9.17) is 16.2 Å². The zero-order valence-corrected chi connectivity index (χ0v) is 24.4. The van der Waals surface area contributed by atoms with Crippen LogP contribution in [0.2, 0.25) is 0 Å². The van der Waals surface area contributed by atoms with Crippen molar-refractivity contribution in [3.05, 3.63) is 69.7 Å². The number of fused-ring (bicyclic) bond motifs is 3. The second-order valence-electron chi connectivity index (χ2n) is 11.6. The van der Waals surface area contributed by atoms with Crippen molar-refractivity contribution in [2.45, 2.75) is 31.0 Å². The zero-order valence-electron chi connectivity index (χ0n) is 24.4. The van der Waals surface area contributed by atoms with Gasteiger partial charge in [0, 0.05) is 23.6 Å². The summed E-state index contributed by atoms with van der Waals surface area (Å²) >= 11 is 0. The highest BCUT2D eigenvalue weighted by molar-refractivity contribution is 6.25. The number of rotatable bonds is 8. The number of ketones is 2. The number of nitrogens with zero attached hydrogens (tertiary/aromatic N) is 1. The number of nitrogens with two attached hydrogens (primary N) is 2. The summed E-state index contributed by atoms with van der Waals surface area (Å²) in [6.45, 7) is 0.285. The van der Waals surface area contributed by atoms with E-state index < -0.39 is 64.0 Å². The van der Waals surface area contributed by atoms with Gasteiger partial charge in [0.05, 0.1) is 25.3 Å².